The number of carbonyl (C=O) groups excluding carboxylic acids is 1. The number of carbonyl (C=O) groups is 1. The Bertz CT molecular complexity index is 302. The molecule has 19 heavy (non-hydrogen) atoms. The minimum Gasteiger partial charge on any atom is -0.303 e. The van der Waals surface area contributed by atoms with Crippen LogP contribution in [0.1, 0.15) is 59.3 Å². The minimum absolute atomic E-state index is 0.314. The first-order valence-corrected chi connectivity index (χ1v) is 8.35. The minimum atomic E-state index is 0.314. The van der Waals surface area contributed by atoms with Crippen molar-refractivity contribution >= 4 is 5.78 Å². The fraction of sp³-hybridized carbons (Fsp3) is 0.941. The average molecular weight is 265 g/mol. The van der Waals surface area contributed by atoms with E-state index in [4.69, 9.17) is 0 Å². The zero-order valence-corrected chi connectivity index (χ0v) is 13.0. The zero-order chi connectivity index (χ0) is 13.8. The van der Waals surface area contributed by atoms with E-state index in [-0.39, 0.29) is 0 Å². The highest BCUT2D eigenvalue weighted by molar-refractivity contribution is 5.82. The molecule has 0 N–H and O–H groups in total. The Kier molecular flexibility index (Phi) is 5.44. The maximum atomic E-state index is 12.3. The van der Waals surface area contributed by atoms with Crippen molar-refractivity contribution in [3.8, 4) is 0 Å². The predicted octanol–water partition coefficient (Wildman–Crippen LogP) is 3.75. The molecular formula is C17H31NO. The van der Waals surface area contributed by atoms with Gasteiger partial charge in [-0.15, -0.1) is 0 Å². The van der Waals surface area contributed by atoms with E-state index in [0.717, 1.165) is 18.9 Å². The molecule has 0 aromatic carbocycles. The van der Waals surface area contributed by atoms with Crippen molar-refractivity contribution in [2.45, 2.75) is 59.3 Å². The van der Waals surface area contributed by atoms with Crippen molar-refractivity contribution in [1.82, 2.24) is 4.90 Å². The molecule has 4 unspecified atom stereocenters. The largest absolute Gasteiger partial charge is 0.303 e. The highest BCUT2D eigenvalue weighted by atomic mass is 16.1. The second-order valence-electron chi connectivity index (χ2n) is 7.10. The number of nitrogens with zero attached hydrogens (tertiary/aromatic N) is 1. The van der Waals surface area contributed by atoms with Crippen molar-refractivity contribution in [3.05, 3.63) is 0 Å². The molecule has 1 saturated heterocycles. The normalized spacial score (nSPS) is 38.2. The van der Waals surface area contributed by atoms with Crippen LogP contribution in [0.25, 0.3) is 0 Å². The lowest BCUT2D eigenvalue weighted by Crippen LogP contribution is -2.40. The average Bonchev–Trinajstić information content (AvgIpc) is 2.58. The van der Waals surface area contributed by atoms with E-state index in [1.807, 2.05) is 0 Å². The summed E-state index contributed by atoms with van der Waals surface area (Å²) in [7, 11) is 0. The number of rotatable bonds is 3. The Hall–Kier alpha value is -0.370. The quantitative estimate of drug-likeness (QED) is 0.774. The maximum Gasteiger partial charge on any atom is 0.137 e. The summed E-state index contributed by atoms with van der Waals surface area (Å²) in [5, 5.41) is 0. The Labute approximate surface area is 118 Å². The molecule has 2 rings (SSSR count). The third-order valence-corrected chi connectivity index (χ3v) is 5.40. The molecule has 0 radical (unpaired) electrons. The lowest BCUT2D eigenvalue weighted by molar-refractivity contribution is -0.128. The van der Waals surface area contributed by atoms with Gasteiger partial charge in [-0.25, -0.2) is 0 Å². The molecule has 2 aliphatic rings. The smallest absolute Gasteiger partial charge is 0.137 e. The maximum absolute atomic E-state index is 12.3. The van der Waals surface area contributed by atoms with Gasteiger partial charge in [-0.3, -0.25) is 4.79 Å². The fourth-order valence-corrected chi connectivity index (χ4v) is 4.07. The summed E-state index contributed by atoms with van der Waals surface area (Å²) in [5.74, 6) is 2.95. The van der Waals surface area contributed by atoms with Gasteiger partial charge in [0.1, 0.15) is 5.78 Å². The number of Topliss-reactive ketones (excluding diaryl/α,β-unsaturated/α-hetero) is 1. The summed E-state index contributed by atoms with van der Waals surface area (Å²) in [5.41, 5.74) is 0. The summed E-state index contributed by atoms with van der Waals surface area (Å²) in [6, 6.07) is 0. The SMILES string of the molecule is CCC1CCCN(CC2C(=O)CC(C)CC2C)CC1. The van der Waals surface area contributed by atoms with Crippen LogP contribution in [0.4, 0.5) is 0 Å². The van der Waals surface area contributed by atoms with Gasteiger partial charge in [0.15, 0.2) is 0 Å². The molecule has 0 amide bonds. The van der Waals surface area contributed by atoms with Crippen LogP contribution in [0.2, 0.25) is 0 Å². The number of ketones is 1. The monoisotopic (exact) mass is 265 g/mol. The van der Waals surface area contributed by atoms with E-state index >= 15 is 0 Å². The van der Waals surface area contributed by atoms with Gasteiger partial charge in [-0.05, 0) is 56.5 Å². The molecule has 0 bridgehead atoms. The molecule has 1 heterocycles. The highest BCUT2D eigenvalue weighted by Gasteiger charge is 2.33. The standard InChI is InChI=1S/C17H31NO/c1-4-15-6-5-8-18(9-7-15)12-16-14(3)10-13(2)11-17(16)19/h13-16H,4-12H2,1-3H3. The van der Waals surface area contributed by atoms with Crippen LogP contribution in [0.15, 0.2) is 0 Å². The molecule has 1 saturated carbocycles. The van der Waals surface area contributed by atoms with Crippen molar-refractivity contribution in [2.24, 2.45) is 23.7 Å². The first kappa shape index (κ1) is 15.0. The molecule has 0 spiro atoms. The molecular weight excluding hydrogens is 234 g/mol. The fourth-order valence-electron chi connectivity index (χ4n) is 4.07. The van der Waals surface area contributed by atoms with Gasteiger partial charge < -0.3 is 4.90 Å². The van der Waals surface area contributed by atoms with E-state index in [1.165, 1.54) is 45.2 Å². The van der Waals surface area contributed by atoms with Gasteiger partial charge in [0.25, 0.3) is 0 Å². The molecule has 2 heteroatoms. The Morgan fingerprint density at radius 3 is 2.68 bits per heavy atom. The van der Waals surface area contributed by atoms with E-state index in [9.17, 15) is 4.79 Å². The Morgan fingerprint density at radius 1 is 1.21 bits per heavy atom. The van der Waals surface area contributed by atoms with Crippen LogP contribution in [0.5, 0.6) is 0 Å². The second kappa shape index (κ2) is 6.88. The topological polar surface area (TPSA) is 20.3 Å². The van der Waals surface area contributed by atoms with Gasteiger partial charge in [-0.1, -0.05) is 27.2 Å². The second-order valence-corrected chi connectivity index (χ2v) is 7.10. The zero-order valence-electron chi connectivity index (χ0n) is 13.0. The molecule has 1 aliphatic heterocycles. The first-order chi connectivity index (χ1) is 9.10. The molecule has 2 fully saturated rings. The summed E-state index contributed by atoms with van der Waals surface area (Å²) >= 11 is 0. The van der Waals surface area contributed by atoms with E-state index < -0.39 is 0 Å². The summed E-state index contributed by atoms with van der Waals surface area (Å²) < 4.78 is 0. The molecule has 0 aromatic heterocycles. The van der Waals surface area contributed by atoms with Gasteiger partial charge >= 0.3 is 0 Å². The summed E-state index contributed by atoms with van der Waals surface area (Å²) in [6.45, 7) is 10.3. The molecule has 2 nitrogen and oxygen atoms in total. The number of hydrogen-bond donors (Lipinski definition) is 0. The van der Waals surface area contributed by atoms with Crippen LogP contribution in [0.3, 0.4) is 0 Å². The first-order valence-electron chi connectivity index (χ1n) is 8.35. The van der Waals surface area contributed by atoms with Crippen LogP contribution in [0, 0.1) is 23.7 Å². The molecule has 4 atom stereocenters. The molecule has 110 valence electrons. The third kappa shape index (κ3) is 4.05. The Balaban J connectivity index is 1.87. The van der Waals surface area contributed by atoms with E-state index in [1.54, 1.807) is 0 Å². The predicted molar refractivity (Wildman–Crippen MR) is 80.1 cm³/mol. The van der Waals surface area contributed by atoms with Crippen LogP contribution in [-0.2, 0) is 4.79 Å². The molecule has 1 aliphatic carbocycles. The Morgan fingerprint density at radius 2 is 2.00 bits per heavy atom. The highest BCUT2D eigenvalue weighted by Crippen LogP contribution is 2.32. The van der Waals surface area contributed by atoms with Crippen LogP contribution < -0.4 is 0 Å². The number of likely N-dealkylation sites (tertiary alicyclic amines) is 1. The van der Waals surface area contributed by atoms with Gasteiger partial charge in [0.2, 0.25) is 0 Å². The summed E-state index contributed by atoms with van der Waals surface area (Å²) in [4.78, 5) is 14.8. The summed E-state index contributed by atoms with van der Waals surface area (Å²) in [6.07, 6.45) is 7.43. The third-order valence-electron chi connectivity index (χ3n) is 5.40. The van der Waals surface area contributed by atoms with Gasteiger partial charge in [-0.2, -0.15) is 0 Å². The van der Waals surface area contributed by atoms with Gasteiger partial charge in [0.05, 0.1) is 0 Å². The van der Waals surface area contributed by atoms with Crippen molar-refractivity contribution in [2.75, 3.05) is 19.6 Å². The molecule has 0 aromatic rings. The number of hydrogen-bond acceptors (Lipinski definition) is 2. The van der Waals surface area contributed by atoms with Crippen LogP contribution in [-0.4, -0.2) is 30.3 Å². The van der Waals surface area contributed by atoms with E-state index in [2.05, 4.69) is 25.7 Å². The lowest BCUT2D eigenvalue weighted by Gasteiger charge is -2.34. The van der Waals surface area contributed by atoms with Crippen molar-refractivity contribution < 1.29 is 4.79 Å². The van der Waals surface area contributed by atoms with Crippen LogP contribution >= 0.6 is 0 Å². The van der Waals surface area contributed by atoms with E-state index in [0.29, 0.717) is 23.5 Å². The van der Waals surface area contributed by atoms with Crippen molar-refractivity contribution in [1.29, 1.82) is 0 Å². The van der Waals surface area contributed by atoms with Gasteiger partial charge in [0, 0.05) is 18.9 Å². The van der Waals surface area contributed by atoms with Crippen molar-refractivity contribution in [3.63, 3.8) is 0 Å². The lowest BCUT2D eigenvalue weighted by atomic mass is 9.74.